The van der Waals surface area contributed by atoms with Crippen LogP contribution in [0.3, 0.4) is 0 Å². The summed E-state index contributed by atoms with van der Waals surface area (Å²) in [4.78, 5) is 12.5. The van der Waals surface area contributed by atoms with Crippen LogP contribution >= 0.6 is 11.3 Å². The quantitative estimate of drug-likeness (QED) is 0.723. The predicted octanol–water partition coefficient (Wildman–Crippen LogP) is 2.04. The molecule has 2 rings (SSSR count). The molecule has 5 heteroatoms. The minimum absolute atomic E-state index is 0.418. The Hall–Kier alpha value is -2.01. The van der Waals surface area contributed by atoms with Gasteiger partial charge in [-0.1, -0.05) is 6.07 Å². The number of primary amides is 1. The third-order valence-electron chi connectivity index (χ3n) is 2.34. The van der Waals surface area contributed by atoms with Crippen LogP contribution in [0.25, 0.3) is 0 Å². The summed E-state index contributed by atoms with van der Waals surface area (Å²) in [7, 11) is 0. The molecule has 4 nitrogen and oxygen atoms in total. The molecule has 0 aliphatic rings. The average molecular weight is 247 g/mol. The lowest BCUT2D eigenvalue weighted by Gasteiger charge is -2.09. The van der Waals surface area contributed by atoms with Crippen molar-refractivity contribution in [2.24, 2.45) is 5.73 Å². The molecule has 0 spiro atoms. The van der Waals surface area contributed by atoms with Crippen LogP contribution in [0.4, 0.5) is 11.4 Å². The van der Waals surface area contributed by atoms with Gasteiger partial charge in [-0.3, -0.25) is 4.79 Å². The minimum atomic E-state index is -0.481. The molecule has 0 aliphatic carbocycles. The summed E-state index contributed by atoms with van der Waals surface area (Å²) >= 11 is 1.66. The standard InChI is InChI=1S/C12H13N3OS/c13-8-3-4-11(10(6-8)12(14)16)15-7-9-2-1-5-17-9/h1-6,15H,7,13H2,(H2,14,16). The van der Waals surface area contributed by atoms with Crippen molar-refractivity contribution in [1.29, 1.82) is 0 Å². The Balaban J connectivity index is 2.17. The maximum Gasteiger partial charge on any atom is 0.250 e. The fraction of sp³-hybridized carbons (Fsp3) is 0.0833. The normalized spacial score (nSPS) is 10.1. The highest BCUT2D eigenvalue weighted by Crippen LogP contribution is 2.20. The van der Waals surface area contributed by atoms with Crippen molar-refractivity contribution < 1.29 is 4.79 Å². The van der Waals surface area contributed by atoms with Crippen molar-refractivity contribution in [3.63, 3.8) is 0 Å². The Morgan fingerprint density at radius 3 is 2.82 bits per heavy atom. The summed E-state index contributed by atoms with van der Waals surface area (Å²) in [6.45, 7) is 0.669. The number of benzene rings is 1. The van der Waals surface area contributed by atoms with Crippen LogP contribution in [0.5, 0.6) is 0 Å². The first-order valence-corrected chi connectivity index (χ1v) is 6.00. The van der Waals surface area contributed by atoms with E-state index >= 15 is 0 Å². The van der Waals surface area contributed by atoms with Crippen LogP contribution in [0.15, 0.2) is 35.7 Å². The molecule has 0 aliphatic heterocycles. The van der Waals surface area contributed by atoms with Crippen LogP contribution < -0.4 is 16.8 Å². The van der Waals surface area contributed by atoms with E-state index in [9.17, 15) is 4.79 Å². The molecule has 0 bridgehead atoms. The molecule has 1 aromatic heterocycles. The zero-order valence-electron chi connectivity index (χ0n) is 9.14. The number of anilines is 2. The lowest BCUT2D eigenvalue weighted by atomic mass is 10.1. The topological polar surface area (TPSA) is 81.1 Å². The molecule has 1 amide bonds. The third-order valence-corrected chi connectivity index (χ3v) is 3.22. The molecule has 0 unspecified atom stereocenters. The van der Waals surface area contributed by atoms with Crippen LogP contribution in [-0.4, -0.2) is 5.91 Å². The minimum Gasteiger partial charge on any atom is -0.399 e. The molecule has 0 saturated heterocycles. The summed E-state index contributed by atoms with van der Waals surface area (Å²) in [5.74, 6) is -0.481. The number of rotatable bonds is 4. The molecular formula is C12H13N3OS. The van der Waals surface area contributed by atoms with Gasteiger partial charge in [-0.05, 0) is 29.6 Å². The first kappa shape index (κ1) is 11.5. The van der Waals surface area contributed by atoms with E-state index in [0.29, 0.717) is 23.5 Å². The van der Waals surface area contributed by atoms with E-state index in [-0.39, 0.29) is 0 Å². The molecule has 17 heavy (non-hydrogen) atoms. The molecule has 5 N–H and O–H groups in total. The van der Waals surface area contributed by atoms with Crippen LogP contribution in [0.2, 0.25) is 0 Å². The molecule has 1 aromatic carbocycles. The second-order valence-corrected chi connectivity index (χ2v) is 4.63. The van der Waals surface area contributed by atoms with Gasteiger partial charge >= 0.3 is 0 Å². The summed E-state index contributed by atoms with van der Waals surface area (Å²) in [6.07, 6.45) is 0. The van der Waals surface area contributed by atoms with Gasteiger partial charge in [0.15, 0.2) is 0 Å². The van der Waals surface area contributed by atoms with Crippen molar-refractivity contribution in [2.45, 2.75) is 6.54 Å². The number of nitrogens with two attached hydrogens (primary N) is 2. The number of hydrogen-bond donors (Lipinski definition) is 3. The summed E-state index contributed by atoms with van der Waals surface area (Å²) < 4.78 is 0. The van der Waals surface area contributed by atoms with Crippen LogP contribution in [0, 0.1) is 0 Å². The number of carbonyl (C=O) groups is 1. The maximum atomic E-state index is 11.3. The number of nitrogen functional groups attached to an aromatic ring is 1. The second-order valence-electron chi connectivity index (χ2n) is 3.60. The highest BCUT2D eigenvalue weighted by Gasteiger charge is 2.08. The fourth-order valence-electron chi connectivity index (χ4n) is 1.52. The van der Waals surface area contributed by atoms with E-state index < -0.39 is 5.91 Å². The Labute approximate surface area is 103 Å². The van der Waals surface area contributed by atoms with Crippen molar-refractivity contribution in [2.75, 3.05) is 11.1 Å². The SMILES string of the molecule is NC(=O)c1cc(N)ccc1NCc1cccs1. The smallest absolute Gasteiger partial charge is 0.250 e. The molecule has 0 fully saturated rings. The third kappa shape index (κ3) is 2.76. The van der Waals surface area contributed by atoms with E-state index in [4.69, 9.17) is 11.5 Å². The monoisotopic (exact) mass is 247 g/mol. The van der Waals surface area contributed by atoms with Gasteiger partial charge in [0.1, 0.15) is 0 Å². The first-order chi connectivity index (χ1) is 8.16. The first-order valence-electron chi connectivity index (χ1n) is 5.12. The Morgan fingerprint density at radius 1 is 1.35 bits per heavy atom. The van der Waals surface area contributed by atoms with E-state index in [2.05, 4.69) is 5.32 Å². The van der Waals surface area contributed by atoms with Crippen molar-refractivity contribution >= 4 is 28.6 Å². The van der Waals surface area contributed by atoms with Crippen molar-refractivity contribution in [3.05, 3.63) is 46.2 Å². The Bertz CT molecular complexity index is 523. The highest BCUT2D eigenvalue weighted by atomic mass is 32.1. The molecule has 88 valence electrons. The molecule has 2 aromatic rings. The van der Waals surface area contributed by atoms with Crippen molar-refractivity contribution in [3.8, 4) is 0 Å². The van der Waals surface area contributed by atoms with Gasteiger partial charge in [-0.2, -0.15) is 0 Å². The zero-order chi connectivity index (χ0) is 12.3. The highest BCUT2D eigenvalue weighted by molar-refractivity contribution is 7.09. The Kier molecular flexibility index (Phi) is 3.30. The van der Waals surface area contributed by atoms with Gasteiger partial charge in [-0.15, -0.1) is 11.3 Å². The molecule has 1 heterocycles. The fourth-order valence-corrected chi connectivity index (χ4v) is 2.16. The summed E-state index contributed by atoms with van der Waals surface area (Å²) in [5.41, 5.74) is 12.6. The van der Waals surface area contributed by atoms with Gasteiger partial charge < -0.3 is 16.8 Å². The van der Waals surface area contributed by atoms with Gasteiger partial charge in [0, 0.05) is 22.8 Å². The zero-order valence-corrected chi connectivity index (χ0v) is 9.96. The van der Waals surface area contributed by atoms with Gasteiger partial charge in [-0.25, -0.2) is 0 Å². The van der Waals surface area contributed by atoms with Gasteiger partial charge in [0.25, 0.3) is 5.91 Å². The Morgan fingerprint density at radius 2 is 2.18 bits per heavy atom. The lowest BCUT2D eigenvalue weighted by molar-refractivity contribution is 0.100. The number of carbonyl (C=O) groups excluding carboxylic acids is 1. The molecular weight excluding hydrogens is 234 g/mol. The molecule has 0 atom stereocenters. The predicted molar refractivity (Wildman–Crippen MR) is 71.0 cm³/mol. The number of hydrogen-bond acceptors (Lipinski definition) is 4. The van der Waals surface area contributed by atoms with E-state index in [1.807, 2.05) is 17.5 Å². The molecule has 0 radical (unpaired) electrons. The van der Waals surface area contributed by atoms with E-state index in [1.54, 1.807) is 29.5 Å². The van der Waals surface area contributed by atoms with E-state index in [0.717, 1.165) is 0 Å². The van der Waals surface area contributed by atoms with Gasteiger partial charge in [0.2, 0.25) is 0 Å². The second kappa shape index (κ2) is 4.88. The van der Waals surface area contributed by atoms with Gasteiger partial charge in [0.05, 0.1) is 5.56 Å². The van der Waals surface area contributed by atoms with Crippen molar-refractivity contribution in [1.82, 2.24) is 0 Å². The number of amides is 1. The summed E-state index contributed by atoms with van der Waals surface area (Å²) in [5, 5.41) is 5.19. The maximum absolute atomic E-state index is 11.3. The number of nitrogens with one attached hydrogen (secondary N) is 1. The lowest BCUT2D eigenvalue weighted by Crippen LogP contribution is -2.14. The van der Waals surface area contributed by atoms with Crippen LogP contribution in [-0.2, 0) is 6.54 Å². The van der Waals surface area contributed by atoms with E-state index in [1.165, 1.54) is 4.88 Å². The largest absolute Gasteiger partial charge is 0.399 e. The molecule has 0 saturated carbocycles. The van der Waals surface area contributed by atoms with Crippen LogP contribution in [0.1, 0.15) is 15.2 Å². The summed E-state index contributed by atoms with van der Waals surface area (Å²) in [6, 6.07) is 9.10. The number of thiophene rings is 1. The average Bonchev–Trinajstić information content (AvgIpc) is 2.80.